The van der Waals surface area contributed by atoms with E-state index in [2.05, 4.69) is 10.3 Å². The lowest BCUT2D eigenvalue weighted by Gasteiger charge is -2.14. The van der Waals surface area contributed by atoms with Crippen molar-refractivity contribution in [2.45, 2.75) is 13.0 Å². The third-order valence-electron chi connectivity index (χ3n) is 4.36. The number of hydrogen-bond donors (Lipinski definition) is 1. The number of aliphatic imine (C=N–C) groups is 1. The van der Waals surface area contributed by atoms with Gasteiger partial charge >= 0.3 is 0 Å². The van der Waals surface area contributed by atoms with Crippen LogP contribution in [-0.2, 0) is 4.79 Å². The summed E-state index contributed by atoms with van der Waals surface area (Å²) in [4.78, 5) is 16.5. The number of hydrogen-bond acceptors (Lipinski definition) is 4. The van der Waals surface area contributed by atoms with Crippen molar-refractivity contribution >= 4 is 17.8 Å². The van der Waals surface area contributed by atoms with Gasteiger partial charge in [0.25, 0.3) is 5.91 Å². The van der Waals surface area contributed by atoms with Gasteiger partial charge in [0.1, 0.15) is 11.5 Å². The molecule has 0 spiro atoms. The first-order chi connectivity index (χ1) is 14.1. The van der Waals surface area contributed by atoms with Crippen LogP contribution in [0.25, 0.3) is 0 Å². The van der Waals surface area contributed by atoms with E-state index in [1.165, 1.54) is 0 Å². The smallest absolute Gasteiger partial charge is 0.258 e. The van der Waals surface area contributed by atoms with Gasteiger partial charge < -0.3 is 14.8 Å². The molecule has 0 fully saturated rings. The number of amides is 1. The Balaban J connectivity index is 1.48. The van der Waals surface area contributed by atoms with E-state index in [-0.39, 0.29) is 18.6 Å². The average Bonchev–Trinajstić information content (AvgIpc) is 2.78. The Kier molecular flexibility index (Phi) is 7.00. The van der Waals surface area contributed by atoms with E-state index in [1.807, 2.05) is 85.8 Å². The topological polar surface area (TPSA) is 59.9 Å². The Morgan fingerprint density at radius 2 is 1.62 bits per heavy atom. The standard InChI is InChI=1S/C24H24N2O3/c1-18(20-6-4-3-5-7-20)26-24(27)17-29-23-12-8-19(9-13-23)16-25-21-10-14-22(28-2)15-11-21/h3-16,18H,17H2,1-2H3,(H,26,27)/t18-/m1/s1. The Morgan fingerprint density at radius 3 is 2.28 bits per heavy atom. The van der Waals surface area contributed by atoms with Crippen LogP contribution in [-0.4, -0.2) is 25.8 Å². The van der Waals surface area contributed by atoms with Crippen LogP contribution in [0, 0.1) is 0 Å². The lowest BCUT2D eigenvalue weighted by Crippen LogP contribution is -2.31. The van der Waals surface area contributed by atoms with Crippen molar-refractivity contribution in [2.24, 2.45) is 4.99 Å². The second kappa shape index (κ2) is 10.1. The number of nitrogens with zero attached hydrogens (tertiary/aromatic N) is 1. The van der Waals surface area contributed by atoms with Gasteiger partial charge in [-0.25, -0.2) is 0 Å². The summed E-state index contributed by atoms with van der Waals surface area (Å²) in [5.41, 5.74) is 2.84. The number of carbonyl (C=O) groups is 1. The van der Waals surface area contributed by atoms with E-state index in [0.717, 1.165) is 22.6 Å². The van der Waals surface area contributed by atoms with Crippen LogP contribution in [0.5, 0.6) is 11.5 Å². The van der Waals surface area contributed by atoms with Crippen LogP contribution in [0.3, 0.4) is 0 Å². The van der Waals surface area contributed by atoms with E-state index in [1.54, 1.807) is 13.3 Å². The third-order valence-corrected chi connectivity index (χ3v) is 4.36. The molecule has 0 bridgehead atoms. The maximum absolute atomic E-state index is 12.1. The van der Waals surface area contributed by atoms with E-state index in [9.17, 15) is 4.79 Å². The number of ether oxygens (including phenoxy) is 2. The van der Waals surface area contributed by atoms with Crippen LogP contribution in [0.15, 0.2) is 83.9 Å². The van der Waals surface area contributed by atoms with Crippen molar-refractivity contribution in [3.05, 3.63) is 90.0 Å². The molecule has 29 heavy (non-hydrogen) atoms. The van der Waals surface area contributed by atoms with Crippen molar-refractivity contribution in [1.29, 1.82) is 0 Å². The minimum Gasteiger partial charge on any atom is -0.497 e. The van der Waals surface area contributed by atoms with E-state index in [0.29, 0.717) is 5.75 Å². The molecule has 1 amide bonds. The highest BCUT2D eigenvalue weighted by molar-refractivity contribution is 5.82. The number of nitrogens with one attached hydrogen (secondary N) is 1. The molecule has 1 N–H and O–H groups in total. The van der Waals surface area contributed by atoms with E-state index >= 15 is 0 Å². The summed E-state index contributed by atoms with van der Waals surface area (Å²) < 4.78 is 10.7. The van der Waals surface area contributed by atoms with Gasteiger partial charge in [-0.15, -0.1) is 0 Å². The highest BCUT2D eigenvalue weighted by Crippen LogP contribution is 2.18. The number of benzene rings is 3. The summed E-state index contributed by atoms with van der Waals surface area (Å²) in [6.07, 6.45) is 1.78. The summed E-state index contributed by atoms with van der Waals surface area (Å²) in [5.74, 6) is 1.27. The van der Waals surface area contributed by atoms with Gasteiger partial charge in [-0.3, -0.25) is 9.79 Å². The Hall–Kier alpha value is -3.60. The molecule has 0 saturated carbocycles. The molecule has 0 radical (unpaired) electrons. The van der Waals surface area contributed by atoms with Crippen molar-refractivity contribution in [2.75, 3.05) is 13.7 Å². The predicted molar refractivity (Wildman–Crippen MR) is 115 cm³/mol. The zero-order valence-corrected chi connectivity index (χ0v) is 16.5. The molecule has 3 aromatic rings. The highest BCUT2D eigenvalue weighted by atomic mass is 16.5. The lowest BCUT2D eigenvalue weighted by atomic mass is 10.1. The monoisotopic (exact) mass is 388 g/mol. The Bertz CT molecular complexity index is 936. The molecule has 0 saturated heterocycles. The summed E-state index contributed by atoms with van der Waals surface area (Å²) in [6.45, 7) is 1.92. The van der Waals surface area contributed by atoms with Crippen LogP contribution in [0.4, 0.5) is 5.69 Å². The molecular formula is C24H24N2O3. The van der Waals surface area contributed by atoms with Gasteiger partial charge in [0, 0.05) is 6.21 Å². The molecule has 148 valence electrons. The average molecular weight is 388 g/mol. The first-order valence-electron chi connectivity index (χ1n) is 9.39. The summed E-state index contributed by atoms with van der Waals surface area (Å²) in [6, 6.07) is 24.7. The molecule has 1 atom stereocenters. The zero-order valence-electron chi connectivity index (χ0n) is 16.5. The van der Waals surface area contributed by atoms with Gasteiger partial charge in [0.15, 0.2) is 6.61 Å². The Morgan fingerprint density at radius 1 is 0.966 bits per heavy atom. The summed E-state index contributed by atoms with van der Waals surface area (Å²) in [7, 11) is 1.63. The largest absolute Gasteiger partial charge is 0.497 e. The fourth-order valence-electron chi connectivity index (χ4n) is 2.72. The zero-order chi connectivity index (χ0) is 20.5. The quantitative estimate of drug-likeness (QED) is 0.569. The van der Waals surface area contributed by atoms with Crippen molar-refractivity contribution in [3.63, 3.8) is 0 Å². The number of carbonyl (C=O) groups excluding carboxylic acids is 1. The summed E-state index contributed by atoms with van der Waals surface area (Å²) in [5, 5.41) is 2.93. The minimum atomic E-state index is -0.161. The predicted octanol–water partition coefficient (Wildman–Crippen LogP) is 4.70. The van der Waals surface area contributed by atoms with Crippen molar-refractivity contribution < 1.29 is 14.3 Å². The first kappa shape index (κ1) is 20.1. The van der Waals surface area contributed by atoms with Crippen molar-refractivity contribution in [3.8, 4) is 11.5 Å². The maximum atomic E-state index is 12.1. The molecule has 3 rings (SSSR count). The molecule has 0 aliphatic carbocycles. The fraction of sp³-hybridized carbons (Fsp3) is 0.167. The van der Waals surface area contributed by atoms with Crippen molar-refractivity contribution in [1.82, 2.24) is 5.32 Å². The van der Waals surface area contributed by atoms with E-state index in [4.69, 9.17) is 9.47 Å². The molecule has 5 heteroatoms. The van der Waals surface area contributed by atoms with Gasteiger partial charge in [0.05, 0.1) is 18.8 Å². The van der Waals surface area contributed by atoms with Gasteiger partial charge in [-0.05, 0) is 66.6 Å². The normalized spacial score (nSPS) is 11.8. The molecule has 0 unspecified atom stereocenters. The molecule has 0 aliphatic rings. The molecule has 3 aromatic carbocycles. The molecule has 0 heterocycles. The molecular weight excluding hydrogens is 364 g/mol. The molecule has 0 aliphatic heterocycles. The second-order valence-electron chi connectivity index (χ2n) is 6.51. The Labute approximate surface area is 171 Å². The highest BCUT2D eigenvalue weighted by Gasteiger charge is 2.09. The molecule has 5 nitrogen and oxygen atoms in total. The fourth-order valence-corrected chi connectivity index (χ4v) is 2.72. The number of methoxy groups -OCH3 is 1. The maximum Gasteiger partial charge on any atom is 0.258 e. The van der Waals surface area contributed by atoms with Gasteiger partial charge in [0.2, 0.25) is 0 Å². The summed E-state index contributed by atoms with van der Waals surface area (Å²) >= 11 is 0. The third kappa shape index (κ3) is 6.21. The molecule has 0 aromatic heterocycles. The minimum absolute atomic E-state index is 0.0313. The SMILES string of the molecule is COc1ccc(N=Cc2ccc(OCC(=O)N[C@H](C)c3ccccc3)cc2)cc1. The first-order valence-corrected chi connectivity index (χ1v) is 9.39. The van der Waals surface area contributed by atoms with Crippen LogP contribution >= 0.6 is 0 Å². The second-order valence-corrected chi connectivity index (χ2v) is 6.51. The van der Waals surface area contributed by atoms with Gasteiger partial charge in [-0.2, -0.15) is 0 Å². The number of rotatable bonds is 8. The van der Waals surface area contributed by atoms with Crippen LogP contribution in [0.1, 0.15) is 24.1 Å². The van der Waals surface area contributed by atoms with Gasteiger partial charge in [-0.1, -0.05) is 30.3 Å². The lowest BCUT2D eigenvalue weighted by molar-refractivity contribution is -0.123. The van der Waals surface area contributed by atoms with Crippen LogP contribution in [0.2, 0.25) is 0 Å². The van der Waals surface area contributed by atoms with E-state index < -0.39 is 0 Å². The van der Waals surface area contributed by atoms with Crippen LogP contribution < -0.4 is 14.8 Å².